The first-order valence-electron chi connectivity index (χ1n) is 4.69. The van der Waals surface area contributed by atoms with Gasteiger partial charge >= 0.3 is 0 Å². The van der Waals surface area contributed by atoms with Crippen LogP contribution < -0.4 is 5.32 Å². The number of aryl methyl sites for hydroxylation is 1. The van der Waals surface area contributed by atoms with Crippen LogP contribution in [0.2, 0.25) is 0 Å². The Morgan fingerprint density at radius 2 is 2.19 bits per heavy atom. The molecule has 0 fully saturated rings. The molecule has 0 aliphatic heterocycles. The van der Waals surface area contributed by atoms with Crippen molar-refractivity contribution in [1.29, 1.82) is 0 Å². The number of carbonyl (C=O) groups excluding carboxylic acids is 1. The fourth-order valence-corrected chi connectivity index (χ4v) is 1.46. The zero-order valence-electron chi connectivity index (χ0n) is 8.60. The van der Waals surface area contributed by atoms with Crippen molar-refractivity contribution in [1.82, 2.24) is 5.16 Å². The number of nitrogens with zero attached hydrogens (tertiary/aromatic N) is 1. The van der Waals surface area contributed by atoms with Gasteiger partial charge in [-0.3, -0.25) is 4.79 Å². The van der Waals surface area contributed by atoms with Gasteiger partial charge in [0, 0.05) is 11.0 Å². The lowest BCUT2D eigenvalue weighted by molar-refractivity contribution is 0.101. The van der Waals surface area contributed by atoms with Crippen LogP contribution in [-0.2, 0) is 0 Å². The minimum atomic E-state index is -0.307. The van der Waals surface area contributed by atoms with E-state index >= 15 is 0 Å². The Kier molecular flexibility index (Phi) is 2.96. The van der Waals surface area contributed by atoms with Gasteiger partial charge in [0.15, 0.2) is 5.69 Å². The monoisotopic (exact) mass is 234 g/mol. The quantitative estimate of drug-likeness (QED) is 0.785. The van der Waals surface area contributed by atoms with Crippen LogP contribution in [-0.4, -0.2) is 11.1 Å². The van der Waals surface area contributed by atoms with Gasteiger partial charge in [0.05, 0.1) is 5.69 Å². The molecule has 2 rings (SSSR count). The molecular formula is C11H10N2O2S. The van der Waals surface area contributed by atoms with Gasteiger partial charge in [-0.15, -0.1) is 12.6 Å². The smallest absolute Gasteiger partial charge is 0.277 e. The molecule has 2 aromatic rings. The van der Waals surface area contributed by atoms with Gasteiger partial charge in [0.25, 0.3) is 5.91 Å². The Morgan fingerprint density at radius 3 is 2.81 bits per heavy atom. The molecule has 0 saturated carbocycles. The topological polar surface area (TPSA) is 55.1 Å². The van der Waals surface area contributed by atoms with Crippen LogP contribution in [0.5, 0.6) is 0 Å². The van der Waals surface area contributed by atoms with Gasteiger partial charge in [-0.2, -0.15) is 0 Å². The van der Waals surface area contributed by atoms with E-state index in [1.807, 2.05) is 12.1 Å². The highest BCUT2D eigenvalue weighted by Crippen LogP contribution is 2.19. The van der Waals surface area contributed by atoms with E-state index in [0.717, 1.165) is 0 Å². The third-order valence-corrected chi connectivity index (χ3v) is 2.40. The predicted molar refractivity (Wildman–Crippen MR) is 62.9 cm³/mol. The number of aromatic nitrogens is 1. The first-order valence-corrected chi connectivity index (χ1v) is 5.14. The van der Waals surface area contributed by atoms with E-state index in [-0.39, 0.29) is 11.6 Å². The van der Waals surface area contributed by atoms with Crippen LogP contribution in [0.15, 0.2) is 39.8 Å². The molecule has 0 aliphatic carbocycles. The Hall–Kier alpha value is -1.75. The second kappa shape index (κ2) is 4.40. The Labute approximate surface area is 98.1 Å². The van der Waals surface area contributed by atoms with E-state index in [1.54, 1.807) is 25.1 Å². The molecule has 82 valence electrons. The van der Waals surface area contributed by atoms with E-state index in [1.165, 1.54) is 0 Å². The van der Waals surface area contributed by atoms with Crippen LogP contribution in [0.3, 0.4) is 0 Å². The number of anilines is 1. The largest absolute Gasteiger partial charge is 0.361 e. The second-order valence-corrected chi connectivity index (χ2v) is 3.78. The van der Waals surface area contributed by atoms with E-state index in [9.17, 15) is 4.79 Å². The molecule has 0 radical (unpaired) electrons. The fourth-order valence-electron chi connectivity index (χ4n) is 1.24. The molecule has 0 unspecified atom stereocenters. The van der Waals surface area contributed by atoms with Crippen molar-refractivity contribution in [2.75, 3.05) is 5.32 Å². The van der Waals surface area contributed by atoms with Crippen molar-refractivity contribution in [2.45, 2.75) is 11.8 Å². The molecule has 5 heteroatoms. The van der Waals surface area contributed by atoms with Gasteiger partial charge in [0.2, 0.25) is 0 Å². The molecule has 0 saturated heterocycles. The third-order valence-electron chi connectivity index (χ3n) is 2.01. The summed E-state index contributed by atoms with van der Waals surface area (Å²) in [7, 11) is 0. The number of benzene rings is 1. The molecule has 1 aromatic carbocycles. The van der Waals surface area contributed by atoms with Gasteiger partial charge in [-0.05, 0) is 19.1 Å². The lowest BCUT2D eigenvalue weighted by Crippen LogP contribution is -2.12. The summed E-state index contributed by atoms with van der Waals surface area (Å²) >= 11 is 4.23. The third kappa shape index (κ3) is 2.25. The van der Waals surface area contributed by atoms with Crippen LogP contribution in [0.4, 0.5) is 5.69 Å². The molecule has 1 amide bonds. The van der Waals surface area contributed by atoms with E-state index in [4.69, 9.17) is 4.52 Å². The average Bonchev–Trinajstić information content (AvgIpc) is 2.68. The van der Waals surface area contributed by atoms with Crippen molar-refractivity contribution in [2.24, 2.45) is 0 Å². The maximum atomic E-state index is 11.7. The molecule has 1 heterocycles. The van der Waals surface area contributed by atoms with Gasteiger partial charge in [-0.1, -0.05) is 17.3 Å². The average molecular weight is 234 g/mol. The number of rotatable bonds is 2. The standard InChI is InChI=1S/C11H10N2O2S/c1-7-6-9(13-15-7)11(14)12-8-4-2-3-5-10(8)16/h2-6,16H,1H3,(H,12,14). The van der Waals surface area contributed by atoms with Crippen LogP contribution in [0.1, 0.15) is 16.2 Å². The maximum Gasteiger partial charge on any atom is 0.277 e. The minimum Gasteiger partial charge on any atom is -0.361 e. The van der Waals surface area contributed by atoms with Crippen LogP contribution in [0, 0.1) is 6.92 Å². The minimum absolute atomic E-state index is 0.258. The first-order chi connectivity index (χ1) is 7.66. The number of nitrogens with one attached hydrogen (secondary N) is 1. The number of carbonyl (C=O) groups is 1. The Morgan fingerprint density at radius 1 is 1.44 bits per heavy atom. The molecule has 0 bridgehead atoms. The molecule has 4 nitrogen and oxygen atoms in total. The van der Waals surface area contributed by atoms with Crippen molar-refractivity contribution in [3.8, 4) is 0 Å². The summed E-state index contributed by atoms with van der Waals surface area (Å²) in [5.41, 5.74) is 0.908. The van der Waals surface area contributed by atoms with Gasteiger partial charge in [0.1, 0.15) is 5.76 Å². The zero-order chi connectivity index (χ0) is 11.5. The molecular weight excluding hydrogens is 224 g/mol. The van der Waals surface area contributed by atoms with Crippen molar-refractivity contribution >= 4 is 24.2 Å². The first kappa shape index (κ1) is 10.8. The summed E-state index contributed by atoms with van der Waals surface area (Å²) in [6.07, 6.45) is 0. The molecule has 1 N–H and O–H groups in total. The highest BCUT2D eigenvalue weighted by atomic mass is 32.1. The fraction of sp³-hybridized carbons (Fsp3) is 0.0909. The lowest BCUT2D eigenvalue weighted by atomic mass is 10.3. The summed E-state index contributed by atoms with van der Waals surface area (Å²) in [5.74, 6) is 0.294. The Bertz CT molecular complexity index is 522. The second-order valence-electron chi connectivity index (χ2n) is 3.29. The highest BCUT2D eigenvalue weighted by molar-refractivity contribution is 7.80. The lowest BCUT2D eigenvalue weighted by Gasteiger charge is -2.04. The SMILES string of the molecule is Cc1cc(C(=O)Nc2ccccc2S)no1. The van der Waals surface area contributed by atoms with E-state index in [0.29, 0.717) is 16.3 Å². The van der Waals surface area contributed by atoms with Gasteiger partial charge in [-0.25, -0.2) is 0 Å². The van der Waals surface area contributed by atoms with Crippen molar-refractivity contribution < 1.29 is 9.32 Å². The predicted octanol–water partition coefficient (Wildman–Crippen LogP) is 2.52. The molecule has 1 aromatic heterocycles. The van der Waals surface area contributed by atoms with Gasteiger partial charge < -0.3 is 9.84 Å². The maximum absolute atomic E-state index is 11.7. The number of thiol groups is 1. The number of amides is 1. The summed E-state index contributed by atoms with van der Waals surface area (Å²) < 4.78 is 4.82. The normalized spacial score (nSPS) is 10.1. The molecule has 0 aliphatic rings. The van der Waals surface area contributed by atoms with Crippen molar-refractivity contribution in [3.05, 3.63) is 41.8 Å². The molecule has 0 spiro atoms. The number of hydrogen-bond acceptors (Lipinski definition) is 4. The van der Waals surface area contributed by atoms with Crippen LogP contribution in [0.25, 0.3) is 0 Å². The number of para-hydroxylation sites is 1. The molecule has 16 heavy (non-hydrogen) atoms. The number of hydrogen-bond donors (Lipinski definition) is 2. The van der Waals surface area contributed by atoms with Crippen molar-refractivity contribution in [3.63, 3.8) is 0 Å². The summed E-state index contributed by atoms with van der Waals surface area (Å²) in [6, 6.07) is 8.82. The van der Waals surface area contributed by atoms with E-state index < -0.39 is 0 Å². The van der Waals surface area contributed by atoms with Crippen LogP contribution >= 0.6 is 12.6 Å². The Balaban J connectivity index is 2.17. The summed E-state index contributed by atoms with van der Waals surface area (Å²) in [4.78, 5) is 12.4. The van der Waals surface area contributed by atoms with E-state index in [2.05, 4.69) is 23.1 Å². The summed E-state index contributed by atoms with van der Waals surface area (Å²) in [6.45, 7) is 1.73. The molecule has 0 atom stereocenters. The summed E-state index contributed by atoms with van der Waals surface area (Å²) in [5, 5.41) is 6.33. The highest BCUT2D eigenvalue weighted by Gasteiger charge is 2.11. The zero-order valence-corrected chi connectivity index (χ0v) is 9.49.